The molecule has 170 valence electrons. The number of carbonyl (C=O) groups excluding carboxylic acids is 2. The first kappa shape index (κ1) is 23.1. The third-order valence-electron chi connectivity index (χ3n) is 5.55. The van der Waals surface area contributed by atoms with Gasteiger partial charge in [-0.15, -0.1) is 6.58 Å². The van der Waals surface area contributed by atoms with Crippen molar-refractivity contribution in [2.75, 3.05) is 26.4 Å². The van der Waals surface area contributed by atoms with E-state index in [0.717, 1.165) is 0 Å². The van der Waals surface area contributed by atoms with Gasteiger partial charge in [-0.1, -0.05) is 6.08 Å². The average molecular weight is 452 g/mol. The number of rotatable bonds is 8. The molecule has 2 aliphatic heterocycles. The monoisotopic (exact) mass is 451 g/mol. The van der Waals surface area contributed by atoms with E-state index in [0.29, 0.717) is 43.0 Å². The first-order valence-electron chi connectivity index (χ1n) is 10.3. The van der Waals surface area contributed by atoms with Crippen molar-refractivity contribution >= 4 is 21.8 Å². The summed E-state index contributed by atoms with van der Waals surface area (Å²) >= 11 is 0. The third kappa shape index (κ3) is 5.19. The van der Waals surface area contributed by atoms with Gasteiger partial charge < -0.3 is 20.1 Å². The van der Waals surface area contributed by atoms with Crippen LogP contribution in [0.5, 0.6) is 11.5 Å². The second kappa shape index (κ2) is 9.69. The molecule has 2 aliphatic rings. The van der Waals surface area contributed by atoms with Gasteiger partial charge in [0, 0.05) is 25.2 Å². The highest BCUT2D eigenvalue weighted by molar-refractivity contribution is 7.89. The topological polar surface area (TPSA) is 114 Å². The molecule has 0 aliphatic carbocycles. The lowest BCUT2D eigenvalue weighted by Gasteiger charge is -2.35. The predicted octanol–water partition coefficient (Wildman–Crippen LogP) is 1.27. The highest BCUT2D eigenvalue weighted by Crippen LogP contribution is 2.32. The molecule has 0 spiro atoms. The van der Waals surface area contributed by atoms with Crippen LogP contribution < -0.4 is 20.1 Å². The van der Waals surface area contributed by atoms with Crippen molar-refractivity contribution in [3.05, 3.63) is 36.4 Å². The summed E-state index contributed by atoms with van der Waals surface area (Å²) in [5.74, 6) is 0.123. The van der Waals surface area contributed by atoms with E-state index in [1.807, 2.05) is 0 Å². The van der Waals surface area contributed by atoms with Crippen LogP contribution >= 0.6 is 0 Å². The molecular formula is C21H29N3O6S. The zero-order chi connectivity index (χ0) is 22.6. The molecule has 1 aromatic rings. The summed E-state index contributed by atoms with van der Waals surface area (Å²) in [7, 11) is -3.35. The molecule has 3 rings (SSSR count). The molecule has 0 radical (unpaired) electrons. The number of carbonyl (C=O) groups is 2. The number of fused-ring (bicyclic) bond motifs is 1. The summed E-state index contributed by atoms with van der Waals surface area (Å²) in [6.07, 6.45) is 2.51. The number of sulfonamides is 1. The number of nitrogens with zero attached hydrogens (tertiary/aromatic N) is 1. The van der Waals surface area contributed by atoms with Crippen LogP contribution in [-0.2, 0) is 14.8 Å². The van der Waals surface area contributed by atoms with Gasteiger partial charge in [0.25, 0.3) is 5.91 Å². The largest absolute Gasteiger partial charge is 0.454 e. The number of hydrogen-bond acceptors (Lipinski definition) is 6. The van der Waals surface area contributed by atoms with Crippen LogP contribution in [0.2, 0.25) is 0 Å². The van der Waals surface area contributed by atoms with E-state index in [-0.39, 0.29) is 25.2 Å². The molecule has 0 saturated carbocycles. The summed E-state index contributed by atoms with van der Waals surface area (Å²) in [6, 6.07) is 4.05. The van der Waals surface area contributed by atoms with E-state index in [2.05, 4.69) is 17.2 Å². The maximum Gasteiger partial charge on any atom is 0.252 e. The molecule has 2 heterocycles. The first-order valence-corrected chi connectivity index (χ1v) is 11.8. The van der Waals surface area contributed by atoms with Crippen molar-refractivity contribution in [2.24, 2.45) is 5.92 Å². The van der Waals surface area contributed by atoms with Crippen molar-refractivity contribution < 1.29 is 27.5 Å². The van der Waals surface area contributed by atoms with Crippen molar-refractivity contribution in [2.45, 2.75) is 38.0 Å². The highest BCUT2D eigenvalue weighted by atomic mass is 32.2. The summed E-state index contributed by atoms with van der Waals surface area (Å²) in [5.41, 5.74) is 0.352. The lowest BCUT2D eigenvalue weighted by atomic mass is 9.89. The van der Waals surface area contributed by atoms with Gasteiger partial charge in [0.15, 0.2) is 11.5 Å². The lowest BCUT2D eigenvalue weighted by molar-refractivity contribution is -0.124. The normalized spacial score (nSPS) is 17.9. The van der Waals surface area contributed by atoms with E-state index >= 15 is 0 Å². The molecule has 10 heteroatoms. The first-order chi connectivity index (χ1) is 14.7. The SMILES string of the molecule is C=CCNC(=O)[C@H](NC(=O)c1ccc2c(c1)OCO2)C1CCN(S(=O)(=O)C(C)C)CC1. The van der Waals surface area contributed by atoms with Crippen molar-refractivity contribution in [1.29, 1.82) is 0 Å². The fraction of sp³-hybridized carbons (Fsp3) is 0.524. The third-order valence-corrected chi connectivity index (χ3v) is 7.83. The Kier molecular flexibility index (Phi) is 7.22. The minimum absolute atomic E-state index is 0.102. The van der Waals surface area contributed by atoms with E-state index in [1.165, 1.54) is 4.31 Å². The summed E-state index contributed by atoms with van der Waals surface area (Å²) in [6.45, 7) is 7.91. The maximum atomic E-state index is 12.9. The Balaban J connectivity index is 1.72. The number of hydrogen-bond donors (Lipinski definition) is 2. The van der Waals surface area contributed by atoms with E-state index in [9.17, 15) is 18.0 Å². The molecule has 2 N–H and O–H groups in total. The standard InChI is InChI=1S/C21H29N3O6S/c1-4-9-22-21(26)19(15-7-10-24(11-8-15)31(27,28)14(2)3)23-20(25)16-5-6-17-18(12-16)30-13-29-17/h4-6,12,14-15,19H,1,7-11,13H2,2-3H3,(H,22,26)(H,23,25)/t19-/m1/s1. The molecule has 1 aromatic carbocycles. The Morgan fingerprint density at radius 3 is 2.55 bits per heavy atom. The molecule has 1 fully saturated rings. The molecule has 0 unspecified atom stereocenters. The molecule has 9 nitrogen and oxygen atoms in total. The minimum Gasteiger partial charge on any atom is -0.454 e. The molecular weight excluding hydrogens is 422 g/mol. The Labute approximate surface area is 182 Å². The Morgan fingerprint density at radius 2 is 1.90 bits per heavy atom. The Morgan fingerprint density at radius 1 is 1.23 bits per heavy atom. The van der Waals surface area contributed by atoms with Crippen LogP contribution in [0.25, 0.3) is 0 Å². The van der Waals surface area contributed by atoms with Gasteiger partial charge in [0.2, 0.25) is 22.7 Å². The van der Waals surface area contributed by atoms with Gasteiger partial charge in [-0.05, 0) is 50.8 Å². The van der Waals surface area contributed by atoms with Crippen LogP contribution in [0.3, 0.4) is 0 Å². The molecule has 1 atom stereocenters. The number of piperidine rings is 1. The predicted molar refractivity (Wildman–Crippen MR) is 115 cm³/mol. The van der Waals surface area contributed by atoms with Gasteiger partial charge in [-0.25, -0.2) is 12.7 Å². The quantitative estimate of drug-likeness (QED) is 0.576. The minimum atomic E-state index is -3.35. The smallest absolute Gasteiger partial charge is 0.252 e. The number of benzene rings is 1. The number of nitrogens with one attached hydrogen (secondary N) is 2. The molecule has 2 amide bonds. The number of ether oxygens (including phenoxy) is 2. The zero-order valence-electron chi connectivity index (χ0n) is 17.8. The molecule has 1 saturated heterocycles. The molecule has 31 heavy (non-hydrogen) atoms. The van der Waals surface area contributed by atoms with Crippen LogP contribution in [0.15, 0.2) is 30.9 Å². The fourth-order valence-corrected chi connectivity index (χ4v) is 5.02. The Hall–Kier alpha value is -2.59. The molecule has 0 aromatic heterocycles. The summed E-state index contributed by atoms with van der Waals surface area (Å²) in [5, 5.41) is 5.07. The fourth-order valence-electron chi connectivity index (χ4n) is 3.70. The number of amides is 2. The highest BCUT2D eigenvalue weighted by Gasteiger charge is 2.36. The summed E-state index contributed by atoms with van der Waals surface area (Å²) < 4.78 is 36.9. The lowest BCUT2D eigenvalue weighted by Crippen LogP contribution is -2.54. The van der Waals surface area contributed by atoms with E-state index < -0.39 is 27.2 Å². The second-order valence-corrected chi connectivity index (χ2v) is 10.4. The van der Waals surface area contributed by atoms with Gasteiger partial charge >= 0.3 is 0 Å². The van der Waals surface area contributed by atoms with Gasteiger partial charge in [-0.2, -0.15) is 0 Å². The van der Waals surface area contributed by atoms with Gasteiger partial charge in [0.05, 0.1) is 5.25 Å². The second-order valence-electron chi connectivity index (χ2n) is 7.88. The van der Waals surface area contributed by atoms with Gasteiger partial charge in [-0.3, -0.25) is 9.59 Å². The van der Waals surface area contributed by atoms with Crippen LogP contribution in [0, 0.1) is 5.92 Å². The zero-order valence-corrected chi connectivity index (χ0v) is 18.6. The van der Waals surface area contributed by atoms with Crippen molar-refractivity contribution in [1.82, 2.24) is 14.9 Å². The average Bonchev–Trinajstić information content (AvgIpc) is 3.23. The van der Waals surface area contributed by atoms with Crippen LogP contribution in [0.1, 0.15) is 37.0 Å². The molecule has 0 bridgehead atoms. The van der Waals surface area contributed by atoms with Crippen molar-refractivity contribution in [3.63, 3.8) is 0 Å². The van der Waals surface area contributed by atoms with Crippen molar-refractivity contribution in [3.8, 4) is 11.5 Å². The van der Waals surface area contributed by atoms with Gasteiger partial charge in [0.1, 0.15) is 6.04 Å². The Bertz CT molecular complexity index is 938. The van der Waals surface area contributed by atoms with E-state index in [1.54, 1.807) is 38.1 Å². The van der Waals surface area contributed by atoms with E-state index in [4.69, 9.17) is 9.47 Å². The maximum absolute atomic E-state index is 12.9. The van der Waals surface area contributed by atoms with Crippen LogP contribution in [0.4, 0.5) is 0 Å². The summed E-state index contributed by atoms with van der Waals surface area (Å²) in [4.78, 5) is 25.7. The van der Waals surface area contributed by atoms with Crippen LogP contribution in [-0.4, -0.2) is 62.3 Å².